The first-order valence-electron chi connectivity index (χ1n) is 7.51. The molecular formula is C14H23N3O4. The number of nitrogens with zero attached hydrogens (tertiary/aromatic N) is 2. The van der Waals surface area contributed by atoms with Crippen LogP contribution in [0, 0.1) is 5.92 Å². The van der Waals surface area contributed by atoms with Gasteiger partial charge in [0.05, 0.1) is 5.92 Å². The molecule has 0 aliphatic carbocycles. The minimum atomic E-state index is -1.10. The monoisotopic (exact) mass is 297 g/mol. The van der Waals surface area contributed by atoms with E-state index >= 15 is 0 Å². The molecule has 0 aromatic heterocycles. The number of carbonyl (C=O) groups excluding carboxylic acids is 2. The molecule has 0 saturated carbocycles. The van der Waals surface area contributed by atoms with Crippen molar-refractivity contribution in [2.45, 2.75) is 44.6 Å². The van der Waals surface area contributed by atoms with E-state index in [1.807, 2.05) is 0 Å². The van der Waals surface area contributed by atoms with Gasteiger partial charge in [0, 0.05) is 19.6 Å². The molecule has 2 rings (SSSR count). The second kappa shape index (κ2) is 5.91. The summed E-state index contributed by atoms with van der Waals surface area (Å²) in [6, 6.07) is -0.275. The molecule has 0 bridgehead atoms. The van der Waals surface area contributed by atoms with Crippen LogP contribution < -0.4 is 5.73 Å². The van der Waals surface area contributed by atoms with Crippen LogP contribution >= 0.6 is 0 Å². The molecule has 21 heavy (non-hydrogen) atoms. The second-order valence-electron chi connectivity index (χ2n) is 5.92. The molecule has 2 aliphatic heterocycles. The van der Waals surface area contributed by atoms with E-state index in [2.05, 4.69) is 0 Å². The number of nitrogens with two attached hydrogens (primary N) is 1. The zero-order chi connectivity index (χ0) is 15.6. The largest absolute Gasteiger partial charge is 0.479 e. The standard InChI is InChI=1S/C14H23N3O4/c1-2-14(12(19)20)6-4-8-17(14)13(21)16-7-3-5-10(9-16)11(15)18/h10H,2-9H2,1H3,(H2,15,18)(H,19,20). The molecule has 2 saturated heterocycles. The smallest absolute Gasteiger partial charge is 0.329 e. The third kappa shape index (κ3) is 2.69. The predicted octanol–water partition coefficient (Wildman–Crippen LogP) is 0.633. The number of rotatable bonds is 3. The number of likely N-dealkylation sites (tertiary alicyclic amines) is 2. The lowest BCUT2D eigenvalue weighted by molar-refractivity contribution is -0.148. The summed E-state index contributed by atoms with van der Waals surface area (Å²) in [5, 5.41) is 9.54. The summed E-state index contributed by atoms with van der Waals surface area (Å²) in [6.45, 7) is 3.10. The molecule has 0 radical (unpaired) electrons. The second-order valence-corrected chi connectivity index (χ2v) is 5.92. The van der Waals surface area contributed by atoms with Crippen molar-refractivity contribution >= 4 is 17.9 Å². The van der Waals surface area contributed by atoms with Crippen molar-refractivity contribution in [3.8, 4) is 0 Å². The number of hydrogen-bond acceptors (Lipinski definition) is 3. The Bertz CT molecular complexity index is 454. The molecule has 0 spiro atoms. The van der Waals surface area contributed by atoms with Gasteiger partial charge in [0.2, 0.25) is 5.91 Å². The Morgan fingerprint density at radius 1 is 1.29 bits per heavy atom. The predicted molar refractivity (Wildman–Crippen MR) is 75.5 cm³/mol. The van der Waals surface area contributed by atoms with E-state index in [-0.39, 0.29) is 11.9 Å². The van der Waals surface area contributed by atoms with Crippen molar-refractivity contribution < 1.29 is 19.5 Å². The third-order valence-corrected chi connectivity index (χ3v) is 4.80. The molecular weight excluding hydrogens is 274 g/mol. The van der Waals surface area contributed by atoms with Crippen LogP contribution in [0.4, 0.5) is 4.79 Å². The minimum absolute atomic E-state index is 0.275. The fraction of sp³-hybridized carbons (Fsp3) is 0.786. The third-order valence-electron chi connectivity index (χ3n) is 4.80. The van der Waals surface area contributed by atoms with Crippen molar-refractivity contribution in [1.29, 1.82) is 0 Å². The lowest BCUT2D eigenvalue weighted by atomic mass is 9.93. The van der Waals surface area contributed by atoms with Crippen molar-refractivity contribution in [2.24, 2.45) is 11.7 Å². The molecule has 3 amide bonds. The van der Waals surface area contributed by atoms with E-state index in [1.165, 1.54) is 4.90 Å². The molecule has 0 aromatic rings. The molecule has 2 aliphatic rings. The maximum Gasteiger partial charge on any atom is 0.329 e. The first-order chi connectivity index (χ1) is 9.92. The number of hydrogen-bond donors (Lipinski definition) is 2. The normalized spacial score (nSPS) is 29.5. The molecule has 2 heterocycles. The first-order valence-corrected chi connectivity index (χ1v) is 7.51. The van der Waals surface area contributed by atoms with Crippen molar-refractivity contribution in [3.63, 3.8) is 0 Å². The highest BCUT2D eigenvalue weighted by atomic mass is 16.4. The molecule has 7 nitrogen and oxygen atoms in total. The van der Waals surface area contributed by atoms with E-state index in [4.69, 9.17) is 5.73 Å². The highest BCUT2D eigenvalue weighted by Crippen LogP contribution is 2.34. The number of urea groups is 1. The van der Waals surface area contributed by atoms with Gasteiger partial charge in [0.15, 0.2) is 0 Å². The van der Waals surface area contributed by atoms with Gasteiger partial charge in [-0.2, -0.15) is 0 Å². The van der Waals surface area contributed by atoms with Crippen molar-refractivity contribution in [2.75, 3.05) is 19.6 Å². The average Bonchev–Trinajstić information content (AvgIpc) is 2.91. The number of carboxylic acid groups (broad SMARTS) is 1. The Balaban J connectivity index is 2.15. The Morgan fingerprint density at radius 2 is 2.00 bits per heavy atom. The van der Waals surface area contributed by atoms with Crippen LogP contribution in [0.1, 0.15) is 39.0 Å². The highest BCUT2D eigenvalue weighted by Gasteiger charge is 2.50. The van der Waals surface area contributed by atoms with E-state index in [9.17, 15) is 19.5 Å². The number of carbonyl (C=O) groups is 3. The van der Waals surface area contributed by atoms with Crippen LogP contribution in [0.3, 0.4) is 0 Å². The minimum Gasteiger partial charge on any atom is -0.479 e. The maximum absolute atomic E-state index is 12.7. The van der Waals surface area contributed by atoms with Gasteiger partial charge in [-0.15, -0.1) is 0 Å². The topological polar surface area (TPSA) is 104 Å². The quantitative estimate of drug-likeness (QED) is 0.797. The summed E-state index contributed by atoms with van der Waals surface area (Å²) in [6.07, 6.45) is 2.98. The SMILES string of the molecule is CCC1(C(=O)O)CCCN1C(=O)N1CCCC(C(N)=O)C1. The van der Waals surface area contributed by atoms with Gasteiger partial charge in [-0.1, -0.05) is 6.92 Å². The molecule has 2 atom stereocenters. The summed E-state index contributed by atoms with van der Waals surface area (Å²) >= 11 is 0. The van der Waals surface area contributed by atoms with E-state index in [1.54, 1.807) is 11.8 Å². The Kier molecular flexibility index (Phi) is 4.39. The number of carboxylic acids is 1. The Labute approximate surface area is 124 Å². The summed E-state index contributed by atoms with van der Waals surface area (Å²) in [4.78, 5) is 38.7. The van der Waals surface area contributed by atoms with Crippen LogP contribution in [-0.4, -0.2) is 58.0 Å². The lowest BCUT2D eigenvalue weighted by Gasteiger charge is -2.40. The van der Waals surface area contributed by atoms with Gasteiger partial charge in [0.25, 0.3) is 0 Å². The zero-order valence-corrected chi connectivity index (χ0v) is 12.4. The van der Waals surface area contributed by atoms with E-state index in [0.717, 1.165) is 6.42 Å². The number of primary amides is 1. The molecule has 0 aromatic carbocycles. The maximum atomic E-state index is 12.7. The lowest BCUT2D eigenvalue weighted by Crippen LogP contribution is -2.58. The van der Waals surface area contributed by atoms with Crippen LogP contribution in [0.2, 0.25) is 0 Å². The molecule has 3 N–H and O–H groups in total. The van der Waals surface area contributed by atoms with Gasteiger partial charge in [-0.25, -0.2) is 9.59 Å². The summed E-state index contributed by atoms with van der Waals surface area (Å²) in [7, 11) is 0. The van der Waals surface area contributed by atoms with Crippen LogP contribution in [0.25, 0.3) is 0 Å². The van der Waals surface area contributed by atoms with Crippen molar-refractivity contribution in [1.82, 2.24) is 9.80 Å². The van der Waals surface area contributed by atoms with Crippen LogP contribution in [0.5, 0.6) is 0 Å². The Morgan fingerprint density at radius 3 is 2.57 bits per heavy atom. The summed E-state index contributed by atoms with van der Waals surface area (Å²) in [5.74, 6) is -1.67. The fourth-order valence-corrected chi connectivity index (χ4v) is 3.45. The van der Waals surface area contributed by atoms with E-state index in [0.29, 0.717) is 45.3 Å². The van der Waals surface area contributed by atoms with Crippen LogP contribution in [0.15, 0.2) is 0 Å². The Hall–Kier alpha value is -1.79. The summed E-state index contributed by atoms with van der Waals surface area (Å²) < 4.78 is 0. The van der Waals surface area contributed by atoms with Crippen molar-refractivity contribution in [3.05, 3.63) is 0 Å². The molecule has 118 valence electrons. The van der Waals surface area contributed by atoms with Gasteiger partial charge in [-0.05, 0) is 32.1 Å². The molecule has 2 unspecified atom stereocenters. The van der Waals surface area contributed by atoms with Gasteiger partial charge in [0.1, 0.15) is 5.54 Å². The van der Waals surface area contributed by atoms with Crippen LogP contribution in [-0.2, 0) is 9.59 Å². The fourth-order valence-electron chi connectivity index (χ4n) is 3.45. The van der Waals surface area contributed by atoms with Gasteiger partial charge < -0.3 is 20.6 Å². The zero-order valence-electron chi connectivity index (χ0n) is 12.4. The summed E-state index contributed by atoms with van der Waals surface area (Å²) in [5.41, 5.74) is 4.23. The molecule has 2 fully saturated rings. The van der Waals surface area contributed by atoms with Gasteiger partial charge >= 0.3 is 12.0 Å². The number of piperidine rings is 1. The first kappa shape index (κ1) is 15.6. The van der Waals surface area contributed by atoms with E-state index < -0.39 is 17.4 Å². The molecule has 7 heteroatoms. The number of amides is 3. The average molecular weight is 297 g/mol. The highest BCUT2D eigenvalue weighted by molar-refractivity contribution is 5.87. The van der Waals surface area contributed by atoms with Gasteiger partial charge in [-0.3, -0.25) is 4.79 Å². The number of aliphatic carboxylic acids is 1.